The van der Waals surface area contributed by atoms with E-state index in [1.807, 2.05) is 49.4 Å². The molecule has 0 saturated heterocycles. The van der Waals surface area contributed by atoms with Gasteiger partial charge in [0.25, 0.3) is 0 Å². The number of anilines is 3. The second kappa shape index (κ2) is 4.89. The van der Waals surface area contributed by atoms with Crippen LogP contribution in [0.2, 0.25) is 0 Å². The van der Waals surface area contributed by atoms with Gasteiger partial charge in [0, 0.05) is 23.6 Å². The number of carbonyl (C=O) groups excluding carboxylic acids is 1. The molecule has 0 bridgehead atoms. The fraction of sp³-hybridized carbons (Fsp3) is 0.188. The highest BCUT2D eigenvalue weighted by atomic mass is 16.2. The van der Waals surface area contributed by atoms with Gasteiger partial charge in [0.15, 0.2) is 0 Å². The summed E-state index contributed by atoms with van der Waals surface area (Å²) < 4.78 is 0. The van der Waals surface area contributed by atoms with Crippen LogP contribution in [0.15, 0.2) is 42.5 Å². The monoisotopic (exact) mass is 267 g/mol. The lowest BCUT2D eigenvalue weighted by Crippen LogP contribution is -2.33. The number of benzene rings is 2. The van der Waals surface area contributed by atoms with Crippen LogP contribution in [0.5, 0.6) is 0 Å². The molecule has 0 atom stereocenters. The number of nitrogen functional groups attached to an aromatic ring is 1. The van der Waals surface area contributed by atoms with Gasteiger partial charge in [-0.15, -0.1) is 0 Å². The molecule has 2 amide bonds. The molecule has 2 aromatic carbocycles. The second-order valence-corrected chi connectivity index (χ2v) is 5.09. The highest BCUT2D eigenvalue weighted by Crippen LogP contribution is 2.30. The van der Waals surface area contributed by atoms with Crippen molar-refractivity contribution in [3.8, 4) is 0 Å². The SMILES string of the molecule is Cc1cccc(NC(=O)N2CCc3cc(N)ccc32)c1. The molecule has 0 unspecified atom stereocenters. The largest absolute Gasteiger partial charge is 0.399 e. The summed E-state index contributed by atoms with van der Waals surface area (Å²) in [5.41, 5.74) is 10.5. The molecule has 1 heterocycles. The number of nitrogens with two attached hydrogens (primary N) is 1. The first-order valence-corrected chi connectivity index (χ1v) is 6.67. The highest BCUT2D eigenvalue weighted by Gasteiger charge is 2.24. The molecule has 4 nitrogen and oxygen atoms in total. The first-order chi connectivity index (χ1) is 9.63. The maximum Gasteiger partial charge on any atom is 0.326 e. The van der Waals surface area contributed by atoms with E-state index in [0.29, 0.717) is 6.54 Å². The minimum Gasteiger partial charge on any atom is -0.399 e. The molecule has 20 heavy (non-hydrogen) atoms. The standard InChI is InChI=1S/C16H17N3O/c1-11-3-2-4-14(9-11)18-16(20)19-8-7-12-10-13(17)5-6-15(12)19/h2-6,9-10H,7-8,17H2,1H3,(H,18,20). The average Bonchev–Trinajstić information content (AvgIpc) is 2.81. The minimum absolute atomic E-state index is 0.0980. The van der Waals surface area contributed by atoms with E-state index in [9.17, 15) is 4.79 Å². The zero-order chi connectivity index (χ0) is 14.1. The molecule has 0 aliphatic carbocycles. The summed E-state index contributed by atoms with van der Waals surface area (Å²) in [6, 6.07) is 13.4. The van der Waals surface area contributed by atoms with Gasteiger partial charge >= 0.3 is 6.03 Å². The molecule has 0 aromatic heterocycles. The molecule has 0 saturated carbocycles. The summed E-state index contributed by atoms with van der Waals surface area (Å²) in [6.45, 7) is 2.69. The van der Waals surface area contributed by atoms with Gasteiger partial charge in [0.1, 0.15) is 0 Å². The highest BCUT2D eigenvalue weighted by molar-refractivity contribution is 6.03. The number of carbonyl (C=O) groups is 1. The molecule has 102 valence electrons. The van der Waals surface area contributed by atoms with E-state index < -0.39 is 0 Å². The summed E-state index contributed by atoms with van der Waals surface area (Å²) in [5.74, 6) is 0. The van der Waals surface area contributed by atoms with Crippen LogP contribution >= 0.6 is 0 Å². The number of fused-ring (bicyclic) bond motifs is 1. The summed E-state index contributed by atoms with van der Waals surface area (Å²) in [6.07, 6.45) is 0.849. The molecular formula is C16H17N3O. The van der Waals surface area contributed by atoms with Gasteiger partial charge < -0.3 is 11.1 Å². The third-order valence-corrected chi connectivity index (χ3v) is 3.51. The molecule has 4 heteroatoms. The van der Waals surface area contributed by atoms with Crippen molar-refractivity contribution >= 4 is 23.1 Å². The van der Waals surface area contributed by atoms with Crippen molar-refractivity contribution in [1.82, 2.24) is 0 Å². The Morgan fingerprint density at radius 1 is 1.25 bits per heavy atom. The van der Waals surface area contributed by atoms with E-state index in [2.05, 4.69) is 5.32 Å². The number of urea groups is 1. The number of hydrogen-bond acceptors (Lipinski definition) is 2. The van der Waals surface area contributed by atoms with Gasteiger partial charge in [-0.2, -0.15) is 0 Å². The molecular weight excluding hydrogens is 250 g/mol. The van der Waals surface area contributed by atoms with Gasteiger partial charge in [0.05, 0.1) is 0 Å². The Bertz CT molecular complexity index is 667. The quantitative estimate of drug-likeness (QED) is 0.780. The number of rotatable bonds is 1. The van der Waals surface area contributed by atoms with Crippen LogP contribution in [0, 0.1) is 6.92 Å². The van der Waals surface area contributed by atoms with Crippen LogP contribution in [0.4, 0.5) is 21.9 Å². The van der Waals surface area contributed by atoms with Crippen molar-refractivity contribution in [3.63, 3.8) is 0 Å². The minimum atomic E-state index is -0.0980. The predicted octanol–water partition coefficient (Wildman–Crippen LogP) is 3.17. The van der Waals surface area contributed by atoms with Crippen LogP contribution < -0.4 is 16.0 Å². The molecule has 2 aromatic rings. The van der Waals surface area contributed by atoms with Crippen LogP contribution in [0.3, 0.4) is 0 Å². The van der Waals surface area contributed by atoms with Gasteiger partial charge in [-0.3, -0.25) is 4.90 Å². The average molecular weight is 267 g/mol. The fourth-order valence-corrected chi connectivity index (χ4v) is 2.55. The Balaban J connectivity index is 1.80. The summed E-state index contributed by atoms with van der Waals surface area (Å²) in [7, 11) is 0. The van der Waals surface area contributed by atoms with Crippen LogP contribution in [-0.2, 0) is 6.42 Å². The Morgan fingerprint density at radius 2 is 2.10 bits per heavy atom. The number of amides is 2. The fourth-order valence-electron chi connectivity index (χ4n) is 2.55. The van der Waals surface area contributed by atoms with E-state index in [-0.39, 0.29) is 6.03 Å². The van der Waals surface area contributed by atoms with E-state index in [4.69, 9.17) is 5.73 Å². The van der Waals surface area contributed by atoms with E-state index in [1.54, 1.807) is 4.90 Å². The summed E-state index contributed by atoms with van der Waals surface area (Å²) >= 11 is 0. The van der Waals surface area contributed by atoms with Crippen LogP contribution in [0.1, 0.15) is 11.1 Å². The van der Waals surface area contributed by atoms with Crippen molar-refractivity contribution < 1.29 is 4.79 Å². The third-order valence-electron chi connectivity index (χ3n) is 3.51. The second-order valence-electron chi connectivity index (χ2n) is 5.09. The maximum atomic E-state index is 12.4. The van der Waals surface area contributed by atoms with Crippen molar-refractivity contribution in [2.45, 2.75) is 13.3 Å². The lowest BCUT2D eigenvalue weighted by atomic mass is 10.1. The zero-order valence-corrected chi connectivity index (χ0v) is 11.4. The lowest BCUT2D eigenvalue weighted by molar-refractivity contribution is 0.257. The van der Waals surface area contributed by atoms with E-state index >= 15 is 0 Å². The third kappa shape index (κ3) is 2.32. The molecule has 0 spiro atoms. The van der Waals surface area contributed by atoms with Gasteiger partial charge in [-0.1, -0.05) is 12.1 Å². The molecule has 1 aliphatic rings. The van der Waals surface area contributed by atoms with Crippen molar-refractivity contribution in [3.05, 3.63) is 53.6 Å². The van der Waals surface area contributed by atoms with Crippen LogP contribution in [0.25, 0.3) is 0 Å². The smallest absolute Gasteiger partial charge is 0.326 e. The van der Waals surface area contributed by atoms with Gasteiger partial charge in [-0.05, 0) is 54.8 Å². The molecule has 3 N–H and O–H groups in total. The molecule has 0 fully saturated rings. The van der Waals surface area contributed by atoms with Crippen LogP contribution in [-0.4, -0.2) is 12.6 Å². The lowest BCUT2D eigenvalue weighted by Gasteiger charge is -2.18. The maximum absolute atomic E-state index is 12.4. The number of nitrogens with zero attached hydrogens (tertiary/aromatic N) is 1. The Hall–Kier alpha value is -2.49. The Morgan fingerprint density at radius 3 is 2.90 bits per heavy atom. The topological polar surface area (TPSA) is 58.4 Å². The number of hydrogen-bond donors (Lipinski definition) is 2. The first kappa shape index (κ1) is 12.5. The zero-order valence-electron chi connectivity index (χ0n) is 11.4. The van der Waals surface area contributed by atoms with Crippen molar-refractivity contribution in [2.75, 3.05) is 22.5 Å². The van der Waals surface area contributed by atoms with E-state index in [0.717, 1.165) is 34.6 Å². The molecule has 0 radical (unpaired) electrons. The van der Waals surface area contributed by atoms with Crippen molar-refractivity contribution in [1.29, 1.82) is 0 Å². The number of nitrogens with one attached hydrogen (secondary N) is 1. The Kier molecular flexibility index (Phi) is 3.06. The predicted molar refractivity (Wildman–Crippen MR) is 82.1 cm³/mol. The first-order valence-electron chi connectivity index (χ1n) is 6.67. The molecule has 3 rings (SSSR count). The van der Waals surface area contributed by atoms with Crippen molar-refractivity contribution in [2.24, 2.45) is 0 Å². The normalized spacial score (nSPS) is 13.2. The van der Waals surface area contributed by atoms with Gasteiger partial charge in [-0.25, -0.2) is 4.79 Å². The summed E-state index contributed by atoms with van der Waals surface area (Å²) in [5, 5.41) is 2.94. The summed E-state index contributed by atoms with van der Waals surface area (Å²) in [4.78, 5) is 14.1. The van der Waals surface area contributed by atoms with Gasteiger partial charge in [0.2, 0.25) is 0 Å². The van der Waals surface area contributed by atoms with E-state index in [1.165, 1.54) is 0 Å². The molecule has 1 aliphatic heterocycles. The number of aryl methyl sites for hydroxylation is 1. The Labute approximate surface area is 118 Å².